The van der Waals surface area contributed by atoms with E-state index in [1.54, 1.807) is 14.0 Å². The Morgan fingerprint density at radius 3 is 2.33 bits per heavy atom. The van der Waals surface area contributed by atoms with Crippen molar-refractivity contribution in [3.8, 4) is 0 Å². The maximum absolute atomic E-state index is 11.7. The van der Waals surface area contributed by atoms with Gasteiger partial charge in [0.25, 0.3) is 0 Å². The van der Waals surface area contributed by atoms with E-state index < -0.39 is 17.5 Å². The highest BCUT2D eigenvalue weighted by Gasteiger charge is 2.19. The molecule has 0 radical (unpaired) electrons. The van der Waals surface area contributed by atoms with Gasteiger partial charge in [-0.25, -0.2) is 14.4 Å². The van der Waals surface area contributed by atoms with Crippen molar-refractivity contribution < 1.29 is 9.21 Å². The topological polar surface area (TPSA) is 88.7 Å². The minimum absolute atomic E-state index is 0.101. The lowest BCUT2D eigenvalue weighted by Gasteiger charge is -2.15. The Morgan fingerprint density at radius 2 is 1.89 bits per heavy atom. The highest BCUT2D eigenvalue weighted by atomic mass is 16.4. The van der Waals surface area contributed by atoms with E-state index in [-0.39, 0.29) is 6.01 Å². The summed E-state index contributed by atoms with van der Waals surface area (Å²) < 4.78 is 5.20. The zero-order valence-corrected chi connectivity index (χ0v) is 10.8. The molecule has 1 aromatic rings. The van der Waals surface area contributed by atoms with Crippen LogP contribution in [0.15, 0.2) is 14.0 Å². The fourth-order valence-electron chi connectivity index (χ4n) is 1.12. The van der Waals surface area contributed by atoms with E-state index in [9.17, 15) is 14.4 Å². The molecule has 0 bridgehead atoms. The molecule has 1 amide bonds. The summed E-state index contributed by atoms with van der Waals surface area (Å²) in [6, 6.07) is -0.856. The van der Waals surface area contributed by atoms with Gasteiger partial charge >= 0.3 is 23.5 Å². The molecule has 0 saturated carbocycles. The number of amides is 1. The number of aromatic nitrogens is 2. The molecular weight excluding hydrogens is 240 g/mol. The summed E-state index contributed by atoms with van der Waals surface area (Å²) >= 11 is 0. The molecule has 1 heterocycles. The maximum Gasteiger partial charge on any atom is 0.434 e. The summed E-state index contributed by atoms with van der Waals surface area (Å²) in [5.74, 6) is -1.03. The van der Waals surface area contributed by atoms with Crippen LogP contribution in [0, 0.1) is 0 Å². The third kappa shape index (κ3) is 2.58. The molecule has 0 unspecified atom stereocenters. The second-order valence-electron chi connectivity index (χ2n) is 3.69. The molecule has 8 heteroatoms. The Morgan fingerprint density at radius 1 is 1.28 bits per heavy atom. The van der Waals surface area contributed by atoms with Crippen molar-refractivity contribution in [2.75, 3.05) is 32.1 Å². The van der Waals surface area contributed by atoms with Gasteiger partial charge in [-0.3, -0.25) is 0 Å². The Bertz CT molecular complexity index is 516. The normalized spacial score (nSPS) is 10.2. The SMILES string of the molecule is CCN(C)C(=O)n1c(=O)nc(N(C)CC)oc1=O. The Kier molecular flexibility index (Phi) is 4.24. The molecule has 18 heavy (non-hydrogen) atoms. The van der Waals surface area contributed by atoms with Crippen LogP contribution >= 0.6 is 0 Å². The second kappa shape index (κ2) is 5.48. The van der Waals surface area contributed by atoms with Gasteiger partial charge in [0, 0.05) is 27.2 Å². The van der Waals surface area contributed by atoms with E-state index >= 15 is 0 Å². The maximum atomic E-state index is 11.7. The van der Waals surface area contributed by atoms with E-state index in [0.29, 0.717) is 17.7 Å². The van der Waals surface area contributed by atoms with E-state index in [2.05, 4.69) is 4.98 Å². The fourth-order valence-corrected chi connectivity index (χ4v) is 1.12. The van der Waals surface area contributed by atoms with Gasteiger partial charge in [-0.2, -0.15) is 0 Å². The number of anilines is 1. The quantitative estimate of drug-likeness (QED) is 0.729. The smallest absolute Gasteiger partial charge is 0.375 e. The monoisotopic (exact) mass is 256 g/mol. The van der Waals surface area contributed by atoms with Crippen LogP contribution < -0.4 is 16.3 Å². The van der Waals surface area contributed by atoms with E-state index in [1.165, 1.54) is 16.8 Å². The average Bonchev–Trinajstić information content (AvgIpc) is 2.35. The molecule has 0 aliphatic heterocycles. The number of hydrogen-bond donors (Lipinski definition) is 0. The first-order valence-corrected chi connectivity index (χ1v) is 5.53. The van der Waals surface area contributed by atoms with Crippen molar-refractivity contribution in [2.45, 2.75) is 13.8 Å². The molecule has 0 atom stereocenters. The van der Waals surface area contributed by atoms with Crippen LogP contribution in [0.4, 0.5) is 10.8 Å². The second-order valence-corrected chi connectivity index (χ2v) is 3.69. The standard InChI is InChI=1S/C10H16N4O4/c1-5-12(3)8-11-7(15)14(10(17)18-8)9(16)13(4)6-2/h5-6H2,1-4H3. The van der Waals surface area contributed by atoms with Crippen molar-refractivity contribution in [1.29, 1.82) is 0 Å². The summed E-state index contributed by atoms with van der Waals surface area (Å²) in [7, 11) is 3.09. The minimum Gasteiger partial charge on any atom is -0.375 e. The van der Waals surface area contributed by atoms with E-state index in [0.717, 1.165) is 0 Å². The van der Waals surface area contributed by atoms with Crippen LogP contribution in [0.25, 0.3) is 0 Å². The van der Waals surface area contributed by atoms with Crippen LogP contribution in [0.3, 0.4) is 0 Å². The fraction of sp³-hybridized carbons (Fsp3) is 0.600. The molecule has 100 valence electrons. The number of hydrogen-bond acceptors (Lipinski definition) is 6. The molecule has 0 saturated heterocycles. The zero-order chi connectivity index (χ0) is 13.9. The van der Waals surface area contributed by atoms with Gasteiger partial charge < -0.3 is 14.2 Å². The molecule has 1 aromatic heterocycles. The third-order valence-corrected chi connectivity index (χ3v) is 2.54. The number of carbonyl (C=O) groups is 1. The highest BCUT2D eigenvalue weighted by molar-refractivity contribution is 5.75. The van der Waals surface area contributed by atoms with Crippen LogP contribution in [0.5, 0.6) is 0 Å². The third-order valence-electron chi connectivity index (χ3n) is 2.54. The predicted molar refractivity (Wildman–Crippen MR) is 65.1 cm³/mol. The van der Waals surface area contributed by atoms with Crippen molar-refractivity contribution in [1.82, 2.24) is 14.5 Å². The molecule has 1 rings (SSSR count). The molecule has 0 aliphatic rings. The van der Waals surface area contributed by atoms with Crippen molar-refractivity contribution in [3.63, 3.8) is 0 Å². The van der Waals surface area contributed by atoms with Crippen molar-refractivity contribution in [2.24, 2.45) is 0 Å². The average molecular weight is 256 g/mol. The summed E-state index contributed by atoms with van der Waals surface area (Å²) in [6.07, 6.45) is 0. The molecule has 0 aliphatic carbocycles. The van der Waals surface area contributed by atoms with Gasteiger partial charge in [0.05, 0.1) is 0 Å². The van der Waals surface area contributed by atoms with Crippen molar-refractivity contribution >= 4 is 12.0 Å². The first-order valence-electron chi connectivity index (χ1n) is 5.53. The van der Waals surface area contributed by atoms with Crippen LogP contribution in [0.1, 0.15) is 13.8 Å². The van der Waals surface area contributed by atoms with Gasteiger partial charge in [0.15, 0.2) is 0 Å². The lowest BCUT2D eigenvalue weighted by molar-refractivity contribution is 0.206. The van der Waals surface area contributed by atoms with E-state index in [1.807, 2.05) is 6.92 Å². The Hall–Kier alpha value is -2.12. The van der Waals surface area contributed by atoms with Gasteiger partial charge in [-0.05, 0) is 13.8 Å². The summed E-state index contributed by atoms with van der Waals surface area (Å²) in [5.41, 5.74) is -0.938. The lowest BCUT2D eigenvalue weighted by Crippen LogP contribution is -2.46. The zero-order valence-electron chi connectivity index (χ0n) is 10.8. The highest BCUT2D eigenvalue weighted by Crippen LogP contribution is 2.01. The molecule has 0 aromatic carbocycles. The number of rotatable bonds is 3. The minimum atomic E-state index is -1.03. The van der Waals surface area contributed by atoms with Gasteiger partial charge in [-0.15, -0.1) is 9.55 Å². The predicted octanol–water partition coefficient (Wildman–Crippen LogP) is -0.428. The van der Waals surface area contributed by atoms with E-state index in [4.69, 9.17) is 4.42 Å². The number of carbonyl (C=O) groups excluding carboxylic acids is 1. The van der Waals surface area contributed by atoms with Gasteiger partial charge in [0.2, 0.25) is 0 Å². The van der Waals surface area contributed by atoms with Gasteiger partial charge in [-0.1, -0.05) is 0 Å². The summed E-state index contributed by atoms with van der Waals surface area (Å²) in [6.45, 7) is 4.41. The van der Waals surface area contributed by atoms with Crippen LogP contribution in [-0.4, -0.2) is 47.7 Å². The molecule has 8 nitrogen and oxygen atoms in total. The Balaban J connectivity index is 3.30. The van der Waals surface area contributed by atoms with Crippen molar-refractivity contribution in [3.05, 3.63) is 21.0 Å². The summed E-state index contributed by atoms with van der Waals surface area (Å²) in [5, 5.41) is 0. The molecule has 0 spiro atoms. The Labute approximate surface area is 103 Å². The first kappa shape index (κ1) is 13.9. The van der Waals surface area contributed by atoms with Crippen LogP contribution in [0.2, 0.25) is 0 Å². The molecule has 0 N–H and O–H groups in total. The summed E-state index contributed by atoms with van der Waals surface area (Å²) in [4.78, 5) is 41.3. The van der Waals surface area contributed by atoms with Crippen LogP contribution in [-0.2, 0) is 0 Å². The number of nitrogens with zero attached hydrogens (tertiary/aromatic N) is 4. The molecule has 0 fully saturated rings. The molecular formula is C10H16N4O4. The first-order chi connectivity index (χ1) is 8.42. The lowest BCUT2D eigenvalue weighted by atomic mass is 10.6. The van der Waals surface area contributed by atoms with Gasteiger partial charge in [0.1, 0.15) is 0 Å². The largest absolute Gasteiger partial charge is 0.434 e.